The van der Waals surface area contributed by atoms with Gasteiger partial charge in [0, 0.05) is 6.54 Å². The number of anilines is 1. The lowest BCUT2D eigenvalue weighted by Crippen LogP contribution is -2.08. The number of carbonyl (C=O) groups is 1. The van der Waals surface area contributed by atoms with Crippen LogP contribution in [0.1, 0.15) is 29.8 Å². The molecule has 0 atom stereocenters. The van der Waals surface area contributed by atoms with E-state index in [1.54, 1.807) is 12.1 Å². The Kier molecular flexibility index (Phi) is 4.11. The van der Waals surface area contributed by atoms with E-state index in [1.165, 1.54) is 5.57 Å². The Morgan fingerprint density at radius 1 is 1.44 bits per heavy atom. The summed E-state index contributed by atoms with van der Waals surface area (Å²) in [5, 5.41) is 12.2. The number of allylic oxidation sites excluding steroid dienone is 1. The van der Waals surface area contributed by atoms with E-state index in [-0.39, 0.29) is 0 Å². The van der Waals surface area contributed by atoms with Gasteiger partial charge in [-0.3, -0.25) is 0 Å². The third-order valence-corrected chi connectivity index (χ3v) is 2.29. The maximum absolute atomic E-state index is 11.0. The van der Waals surface area contributed by atoms with Crippen molar-refractivity contribution in [3.8, 4) is 0 Å². The van der Waals surface area contributed by atoms with Crippen LogP contribution < -0.4 is 5.32 Å². The van der Waals surface area contributed by atoms with Gasteiger partial charge in [0.25, 0.3) is 0 Å². The molecule has 1 rings (SSSR count). The smallest absolute Gasteiger partial charge is 0.337 e. The van der Waals surface area contributed by atoms with Crippen molar-refractivity contribution in [1.82, 2.24) is 0 Å². The Hall–Kier alpha value is -1.77. The van der Waals surface area contributed by atoms with E-state index >= 15 is 0 Å². The third kappa shape index (κ3) is 3.12. The summed E-state index contributed by atoms with van der Waals surface area (Å²) in [6.45, 7) is 6.57. The number of aromatic carboxylic acids is 1. The molecule has 3 nitrogen and oxygen atoms in total. The van der Waals surface area contributed by atoms with Crippen LogP contribution in [0, 0.1) is 6.92 Å². The van der Waals surface area contributed by atoms with Gasteiger partial charge in [0.05, 0.1) is 11.3 Å². The number of hydrogen-bond donors (Lipinski definition) is 2. The van der Waals surface area contributed by atoms with Gasteiger partial charge >= 0.3 is 5.97 Å². The molecule has 0 fully saturated rings. The summed E-state index contributed by atoms with van der Waals surface area (Å²) in [6, 6.07) is 5.27. The molecule has 0 aromatic heterocycles. The van der Waals surface area contributed by atoms with Crippen LogP contribution in [0.2, 0.25) is 0 Å². The second-order valence-corrected chi connectivity index (χ2v) is 3.96. The minimum absolute atomic E-state index is 0.321. The molecule has 0 radical (unpaired) electrons. The number of para-hydroxylation sites is 1. The highest BCUT2D eigenvalue weighted by atomic mass is 16.4. The van der Waals surface area contributed by atoms with Crippen LogP contribution in [0.3, 0.4) is 0 Å². The second-order valence-electron chi connectivity index (χ2n) is 3.96. The summed E-state index contributed by atoms with van der Waals surface area (Å²) in [5.74, 6) is -0.900. The van der Waals surface area contributed by atoms with E-state index in [2.05, 4.69) is 5.32 Å². The highest BCUT2D eigenvalue weighted by Crippen LogP contribution is 2.20. The van der Waals surface area contributed by atoms with E-state index in [0.717, 1.165) is 5.56 Å². The summed E-state index contributed by atoms with van der Waals surface area (Å²) in [6.07, 6.45) is 2.03. The summed E-state index contributed by atoms with van der Waals surface area (Å²) in [5.41, 5.74) is 3.18. The molecule has 0 aliphatic rings. The van der Waals surface area contributed by atoms with Crippen molar-refractivity contribution in [1.29, 1.82) is 0 Å². The van der Waals surface area contributed by atoms with Gasteiger partial charge in [-0.15, -0.1) is 0 Å². The number of aryl methyl sites for hydroxylation is 1. The van der Waals surface area contributed by atoms with Crippen LogP contribution in [0.5, 0.6) is 0 Å². The molecule has 86 valence electrons. The average Bonchev–Trinajstić information content (AvgIpc) is 2.19. The van der Waals surface area contributed by atoms with Gasteiger partial charge in [0.1, 0.15) is 0 Å². The zero-order valence-corrected chi connectivity index (χ0v) is 9.87. The lowest BCUT2D eigenvalue weighted by molar-refractivity contribution is 0.0698. The fourth-order valence-corrected chi connectivity index (χ4v) is 1.44. The fraction of sp³-hybridized carbons (Fsp3) is 0.308. The number of carboxylic acids is 1. The minimum Gasteiger partial charge on any atom is -0.478 e. The van der Waals surface area contributed by atoms with Gasteiger partial charge in [0.2, 0.25) is 0 Å². The van der Waals surface area contributed by atoms with Crippen molar-refractivity contribution in [2.75, 3.05) is 11.9 Å². The standard InChI is InChI=1S/C13H17NO2/c1-9(2)7-8-14-12-10(3)5-4-6-11(12)13(15)16/h4-7,14H,8H2,1-3H3,(H,15,16). The molecule has 0 unspecified atom stereocenters. The molecule has 0 aliphatic heterocycles. The van der Waals surface area contributed by atoms with Crippen LogP contribution in [0.15, 0.2) is 29.8 Å². The van der Waals surface area contributed by atoms with E-state index in [9.17, 15) is 4.79 Å². The number of benzene rings is 1. The first-order valence-corrected chi connectivity index (χ1v) is 5.22. The van der Waals surface area contributed by atoms with E-state index in [0.29, 0.717) is 17.8 Å². The summed E-state index contributed by atoms with van der Waals surface area (Å²) >= 11 is 0. The zero-order chi connectivity index (χ0) is 12.1. The number of carboxylic acid groups (broad SMARTS) is 1. The maximum atomic E-state index is 11.0. The number of nitrogens with one attached hydrogen (secondary N) is 1. The van der Waals surface area contributed by atoms with E-state index in [4.69, 9.17) is 5.11 Å². The van der Waals surface area contributed by atoms with E-state index < -0.39 is 5.97 Å². The lowest BCUT2D eigenvalue weighted by atomic mass is 10.1. The molecule has 0 heterocycles. The van der Waals surface area contributed by atoms with Gasteiger partial charge in [0.15, 0.2) is 0 Å². The van der Waals surface area contributed by atoms with Gasteiger partial charge in [-0.2, -0.15) is 0 Å². The SMILES string of the molecule is CC(C)=CCNc1c(C)cccc1C(=O)O. The first-order chi connectivity index (χ1) is 7.52. The zero-order valence-electron chi connectivity index (χ0n) is 9.87. The quantitative estimate of drug-likeness (QED) is 0.765. The van der Waals surface area contributed by atoms with Crippen LogP contribution in [0.25, 0.3) is 0 Å². The van der Waals surface area contributed by atoms with E-state index in [1.807, 2.05) is 32.9 Å². The molecule has 1 aromatic carbocycles. The number of rotatable bonds is 4. The van der Waals surface area contributed by atoms with Gasteiger partial charge in [-0.25, -0.2) is 4.79 Å². The molecule has 0 aliphatic carbocycles. The van der Waals surface area contributed by atoms with Crippen LogP contribution >= 0.6 is 0 Å². The predicted molar refractivity (Wildman–Crippen MR) is 66.1 cm³/mol. The predicted octanol–water partition coefficient (Wildman–Crippen LogP) is 3.07. The first-order valence-electron chi connectivity index (χ1n) is 5.22. The molecule has 0 saturated carbocycles. The average molecular weight is 219 g/mol. The first kappa shape index (κ1) is 12.3. The van der Waals surface area contributed by atoms with Gasteiger partial charge in [-0.05, 0) is 32.4 Å². The van der Waals surface area contributed by atoms with Crippen molar-refractivity contribution in [3.63, 3.8) is 0 Å². The molecule has 0 bridgehead atoms. The van der Waals surface area contributed by atoms with Crippen molar-refractivity contribution >= 4 is 11.7 Å². The summed E-state index contributed by atoms with van der Waals surface area (Å²) < 4.78 is 0. The third-order valence-electron chi connectivity index (χ3n) is 2.29. The van der Waals surface area contributed by atoms with Crippen molar-refractivity contribution < 1.29 is 9.90 Å². The molecule has 3 heteroatoms. The van der Waals surface area contributed by atoms with Gasteiger partial charge in [-0.1, -0.05) is 23.8 Å². The van der Waals surface area contributed by atoms with Crippen molar-refractivity contribution in [2.24, 2.45) is 0 Å². The molecule has 0 spiro atoms. The summed E-state index contributed by atoms with van der Waals surface area (Å²) in [4.78, 5) is 11.0. The Morgan fingerprint density at radius 3 is 2.69 bits per heavy atom. The molecule has 1 aromatic rings. The highest BCUT2D eigenvalue weighted by Gasteiger charge is 2.10. The molecular weight excluding hydrogens is 202 g/mol. The van der Waals surface area contributed by atoms with Crippen molar-refractivity contribution in [2.45, 2.75) is 20.8 Å². The van der Waals surface area contributed by atoms with Crippen LogP contribution in [-0.2, 0) is 0 Å². The monoisotopic (exact) mass is 219 g/mol. The molecule has 0 amide bonds. The normalized spacial score (nSPS) is 9.69. The van der Waals surface area contributed by atoms with Gasteiger partial charge < -0.3 is 10.4 Å². The topological polar surface area (TPSA) is 49.3 Å². The number of hydrogen-bond acceptors (Lipinski definition) is 2. The minimum atomic E-state index is -0.900. The lowest BCUT2D eigenvalue weighted by Gasteiger charge is -2.11. The maximum Gasteiger partial charge on any atom is 0.337 e. The van der Waals surface area contributed by atoms with Crippen LogP contribution in [0.4, 0.5) is 5.69 Å². The fourth-order valence-electron chi connectivity index (χ4n) is 1.44. The molecular formula is C13H17NO2. The molecule has 16 heavy (non-hydrogen) atoms. The largest absolute Gasteiger partial charge is 0.478 e. The molecule has 2 N–H and O–H groups in total. The Bertz CT molecular complexity index is 418. The Labute approximate surface area is 95.8 Å². The Morgan fingerprint density at radius 2 is 2.12 bits per heavy atom. The van der Waals surface area contributed by atoms with Crippen LogP contribution in [-0.4, -0.2) is 17.6 Å². The molecule has 0 saturated heterocycles. The Balaban J connectivity index is 2.93. The second kappa shape index (κ2) is 5.35. The summed E-state index contributed by atoms with van der Waals surface area (Å²) in [7, 11) is 0. The van der Waals surface area contributed by atoms with Crippen molar-refractivity contribution in [3.05, 3.63) is 41.0 Å². The highest BCUT2D eigenvalue weighted by molar-refractivity contribution is 5.95.